The molecule has 0 heterocycles. The molecule has 0 saturated carbocycles. The molecular formula is C66H124N2O7P+. The summed E-state index contributed by atoms with van der Waals surface area (Å²) in [7, 11) is 1.50. The largest absolute Gasteiger partial charge is 0.472 e. The van der Waals surface area contributed by atoms with E-state index in [1.54, 1.807) is 0 Å². The molecule has 10 heteroatoms. The fraction of sp³-hybridized carbons (Fsp3) is 0.818. The van der Waals surface area contributed by atoms with Gasteiger partial charge in [-0.3, -0.25) is 18.6 Å². The summed E-state index contributed by atoms with van der Waals surface area (Å²) in [5, 5.41) is 3.06. The highest BCUT2D eigenvalue weighted by Gasteiger charge is 2.30. The lowest BCUT2D eigenvalue weighted by molar-refractivity contribution is -0.870. The predicted molar refractivity (Wildman–Crippen MR) is 328 cm³/mol. The van der Waals surface area contributed by atoms with Gasteiger partial charge in [0.15, 0.2) is 0 Å². The first-order valence-corrected chi connectivity index (χ1v) is 33.6. The van der Waals surface area contributed by atoms with Crippen LogP contribution in [0.5, 0.6) is 0 Å². The molecule has 0 saturated heterocycles. The van der Waals surface area contributed by atoms with Gasteiger partial charge in [-0.05, 0) is 76.7 Å². The molecule has 0 fully saturated rings. The van der Waals surface area contributed by atoms with Crippen LogP contribution in [0.1, 0.15) is 297 Å². The average Bonchev–Trinajstić information content (AvgIpc) is 3.38. The second kappa shape index (κ2) is 56.0. The summed E-state index contributed by atoms with van der Waals surface area (Å²) in [6, 6.07) is -0.850. The summed E-state index contributed by atoms with van der Waals surface area (Å²) in [5.74, 6) is -0.504. The molecule has 0 bridgehead atoms. The van der Waals surface area contributed by atoms with Gasteiger partial charge in [0.1, 0.15) is 19.3 Å². The number of unbranched alkanes of at least 4 members (excludes halogenated alkanes) is 34. The van der Waals surface area contributed by atoms with Crippen molar-refractivity contribution >= 4 is 19.7 Å². The number of amides is 1. The van der Waals surface area contributed by atoms with Crippen LogP contribution in [0, 0.1) is 0 Å². The van der Waals surface area contributed by atoms with E-state index in [4.69, 9.17) is 13.8 Å². The number of esters is 1. The van der Waals surface area contributed by atoms with Crippen LogP contribution in [0.15, 0.2) is 60.8 Å². The van der Waals surface area contributed by atoms with Gasteiger partial charge in [0, 0.05) is 12.8 Å². The van der Waals surface area contributed by atoms with E-state index in [0.29, 0.717) is 23.9 Å². The van der Waals surface area contributed by atoms with Gasteiger partial charge in [-0.2, -0.15) is 0 Å². The minimum absolute atomic E-state index is 0.0390. The number of likely N-dealkylation sites (N-methyl/N-ethyl adjacent to an activating group) is 1. The van der Waals surface area contributed by atoms with Crippen LogP contribution in [0.2, 0.25) is 0 Å². The van der Waals surface area contributed by atoms with Crippen LogP contribution in [-0.2, 0) is 27.9 Å². The highest BCUT2D eigenvalue weighted by atomic mass is 31.2. The molecule has 0 aliphatic carbocycles. The van der Waals surface area contributed by atoms with Crippen molar-refractivity contribution in [3.05, 3.63) is 60.8 Å². The summed E-state index contributed by atoms with van der Waals surface area (Å²) in [4.78, 5) is 37.7. The third kappa shape index (κ3) is 56.4. The van der Waals surface area contributed by atoms with Crippen molar-refractivity contribution in [1.29, 1.82) is 0 Å². The van der Waals surface area contributed by atoms with Crippen LogP contribution in [0.3, 0.4) is 0 Å². The van der Waals surface area contributed by atoms with E-state index in [1.165, 1.54) is 173 Å². The SMILES string of the molecule is CCCCC/C=C\C/C=C\C/C=C\C/C=C\CCCCCCCCCCCC(=O)NC(COP(=O)(O)OCC[N+](C)(C)C)C(/C=C\CCCCCCCCCCC)OC(=O)CCCCCCCCCCCCCCCC. The smallest absolute Gasteiger partial charge is 0.456 e. The molecule has 76 heavy (non-hydrogen) atoms. The van der Waals surface area contributed by atoms with Crippen molar-refractivity contribution in [3.8, 4) is 0 Å². The number of carbonyl (C=O) groups excluding carboxylic acids is 2. The second-order valence-corrected chi connectivity index (χ2v) is 24.4. The summed E-state index contributed by atoms with van der Waals surface area (Å²) in [6.07, 6.45) is 70.7. The van der Waals surface area contributed by atoms with Crippen molar-refractivity contribution in [2.45, 2.75) is 309 Å². The number of quaternary nitrogens is 1. The third-order valence-corrected chi connectivity index (χ3v) is 15.2. The standard InChI is InChI=1S/C66H123N2O7P/c1-7-10-13-16-19-22-25-27-29-30-31-32-33-34-35-36-37-38-39-40-43-46-49-52-55-58-65(69)67-63(62-74-76(71,72)73-61-60-68(4,5)6)64(57-54-51-48-45-42-24-21-18-15-12-9-3)75-66(70)59-56-53-50-47-44-41-28-26-23-20-17-14-11-8-2/h19,22,27,29,31-32,34-35,54,57,63-64H,7-18,20-21,23-26,28,30,33,36-53,55-56,58-62H2,1-6H3,(H-,67,69,71,72)/p+1/b22-19-,29-27-,32-31-,35-34-,57-54-. The Morgan fingerprint density at radius 1 is 0.461 bits per heavy atom. The zero-order valence-electron chi connectivity index (χ0n) is 50.7. The molecule has 0 aromatic rings. The topological polar surface area (TPSA) is 111 Å². The van der Waals surface area contributed by atoms with Gasteiger partial charge in [0.2, 0.25) is 5.91 Å². The fourth-order valence-corrected chi connectivity index (χ4v) is 9.95. The molecule has 0 aliphatic rings. The Kier molecular flexibility index (Phi) is 54.3. The molecule has 0 spiro atoms. The molecule has 0 aliphatic heterocycles. The molecule has 444 valence electrons. The lowest BCUT2D eigenvalue weighted by Gasteiger charge is -2.27. The number of phosphoric ester groups is 1. The quantitative estimate of drug-likeness (QED) is 0.0205. The molecule has 3 unspecified atom stereocenters. The van der Waals surface area contributed by atoms with Crippen molar-refractivity contribution < 1.29 is 37.3 Å². The summed E-state index contributed by atoms with van der Waals surface area (Å²) in [5.41, 5.74) is 0. The zero-order valence-corrected chi connectivity index (χ0v) is 51.6. The number of hydrogen-bond donors (Lipinski definition) is 2. The average molecular weight is 1090 g/mol. The Morgan fingerprint density at radius 2 is 0.803 bits per heavy atom. The maximum atomic E-state index is 13.6. The van der Waals surface area contributed by atoms with E-state index in [-0.39, 0.29) is 25.1 Å². The van der Waals surface area contributed by atoms with Crippen molar-refractivity contribution in [3.63, 3.8) is 0 Å². The monoisotopic (exact) mass is 1090 g/mol. The Morgan fingerprint density at radius 3 is 1.22 bits per heavy atom. The molecule has 9 nitrogen and oxygen atoms in total. The third-order valence-electron chi connectivity index (χ3n) is 14.2. The normalized spacial score (nSPS) is 14.0. The van der Waals surface area contributed by atoms with E-state index in [2.05, 4.69) is 74.7 Å². The van der Waals surface area contributed by atoms with Crippen LogP contribution >= 0.6 is 7.82 Å². The first-order valence-electron chi connectivity index (χ1n) is 32.1. The Balaban J connectivity index is 5.10. The van der Waals surface area contributed by atoms with Crippen LogP contribution in [-0.4, -0.2) is 74.3 Å². The lowest BCUT2D eigenvalue weighted by atomic mass is 10.0. The minimum atomic E-state index is -4.45. The van der Waals surface area contributed by atoms with Gasteiger partial charge >= 0.3 is 13.8 Å². The predicted octanol–water partition coefficient (Wildman–Crippen LogP) is 19.8. The van der Waals surface area contributed by atoms with E-state index in [9.17, 15) is 19.0 Å². The molecule has 0 rings (SSSR count). The van der Waals surface area contributed by atoms with E-state index in [0.717, 1.165) is 89.9 Å². The van der Waals surface area contributed by atoms with E-state index >= 15 is 0 Å². The molecule has 1 amide bonds. The van der Waals surface area contributed by atoms with Gasteiger partial charge < -0.3 is 19.4 Å². The maximum absolute atomic E-state index is 13.6. The van der Waals surface area contributed by atoms with Crippen LogP contribution in [0.4, 0.5) is 0 Å². The fourth-order valence-electron chi connectivity index (χ4n) is 9.22. The first-order chi connectivity index (χ1) is 36.9. The number of ether oxygens (including phenoxy) is 1. The van der Waals surface area contributed by atoms with Gasteiger partial charge in [-0.1, -0.05) is 268 Å². The van der Waals surface area contributed by atoms with Gasteiger partial charge in [0.25, 0.3) is 0 Å². The number of phosphoric acid groups is 1. The van der Waals surface area contributed by atoms with Crippen molar-refractivity contribution in [2.75, 3.05) is 40.9 Å². The molecule has 0 radical (unpaired) electrons. The summed E-state index contributed by atoms with van der Waals surface area (Å²) in [6.45, 7) is 6.99. The Bertz CT molecular complexity index is 1490. The maximum Gasteiger partial charge on any atom is 0.472 e. The number of allylic oxidation sites excluding steroid dienone is 9. The van der Waals surface area contributed by atoms with Gasteiger partial charge in [-0.25, -0.2) is 4.57 Å². The van der Waals surface area contributed by atoms with Gasteiger partial charge in [0.05, 0.1) is 33.8 Å². The molecule has 0 aromatic carbocycles. The lowest BCUT2D eigenvalue weighted by Crippen LogP contribution is -2.47. The number of rotatable bonds is 58. The highest BCUT2D eigenvalue weighted by Crippen LogP contribution is 2.43. The van der Waals surface area contributed by atoms with Crippen molar-refractivity contribution in [2.24, 2.45) is 0 Å². The Hall–Kier alpha value is -2.29. The van der Waals surface area contributed by atoms with Crippen LogP contribution < -0.4 is 5.32 Å². The molecule has 2 N–H and O–H groups in total. The summed E-state index contributed by atoms with van der Waals surface area (Å²) >= 11 is 0. The minimum Gasteiger partial charge on any atom is -0.456 e. The molecular weight excluding hydrogens is 964 g/mol. The number of hydrogen-bond acceptors (Lipinski definition) is 6. The Labute approximate surface area is 471 Å². The number of nitrogens with zero attached hydrogens (tertiary/aromatic N) is 1. The highest BCUT2D eigenvalue weighted by molar-refractivity contribution is 7.47. The van der Waals surface area contributed by atoms with Gasteiger partial charge in [-0.15, -0.1) is 0 Å². The summed E-state index contributed by atoms with van der Waals surface area (Å²) < 4.78 is 30.7. The van der Waals surface area contributed by atoms with E-state index in [1.807, 2.05) is 33.3 Å². The van der Waals surface area contributed by atoms with Crippen LogP contribution in [0.25, 0.3) is 0 Å². The first kappa shape index (κ1) is 73.7. The molecule has 0 aromatic heterocycles. The zero-order chi connectivity index (χ0) is 55.7. The van der Waals surface area contributed by atoms with Crippen molar-refractivity contribution in [1.82, 2.24) is 5.32 Å². The number of carbonyl (C=O) groups is 2. The number of nitrogens with one attached hydrogen (secondary N) is 1. The second-order valence-electron chi connectivity index (χ2n) is 22.9. The van der Waals surface area contributed by atoms with E-state index < -0.39 is 20.0 Å². The molecule has 3 atom stereocenters.